The maximum Gasteiger partial charge on any atom is 0.335 e. The highest BCUT2D eigenvalue weighted by atomic mass is 16.4. The number of benzene rings is 1. The highest BCUT2D eigenvalue weighted by Gasteiger charge is 2.42. The second-order valence-corrected chi connectivity index (χ2v) is 5.67. The van der Waals surface area contributed by atoms with Crippen LogP contribution in [-0.4, -0.2) is 28.7 Å². The van der Waals surface area contributed by atoms with Crippen LogP contribution in [0.1, 0.15) is 42.5 Å². The molecule has 0 radical (unpaired) electrons. The van der Waals surface area contributed by atoms with Crippen LogP contribution in [0.4, 0.5) is 5.69 Å². The number of hydrogen-bond acceptors (Lipinski definition) is 6. The Hall–Kier alpha value is -2.57. The Bertz CT molecular complexity index is 644. The fourth-order valence-electron chi connectivity index (χ4n) is 3.25. The van der Waals surface area contributed by atoms with Gasteiger partial charge in [0, 0.05) is 5.69 Å². The Labute approximate surface area is 128 Å². The van der Waals surface area contributed by atoms with E-state index in [1.54, 1.807) is 24.3 Å². The molecule has 1 fully saturated rings. The summed E-state index contributed by atoms with van der Waals surface area (Å²) in [6.07, 6.45) is 4.97. The Morgan fingerprint density at radius 2 is 1.77 bits per heavy atom. The molecule has 7 heteroatoms. The first-order valence-corrected chi connectivity index (χ1v) is 7.35. The monoisotopic (exact) mass is 301 g/mol. The normalized spacial score (nSPS) is 20.5. The predicted molar refractivity (Wildman–Crippen MR) is 84.9 cm³/mol. The maximum atomic E-state index is 11.0. The molecule has 0 saturated heterocycles. The van der Waals surface area contributed by atoms with E-state index in [0.29, 0.717) is 5.96 Å². The summed E-state index contributed by atoms with van der Waals surface area (Å²) in [5, 5.41) is 9.01. The van der Waals surface area contributed by atoms with Crippen molar-refractivity contribution in [2.24, 2.45) is 21.5 Å². The van der Waals surface area contributed by atoms with Gasteiger partial charge in [0.15, 0.2) is 0 Å². The second kappa shape index (κ2) is 5.32. The molecule has 1 aliphatic carbocycles. The zero-order valence-electron chi connectivity index (χ0n) is 12.2. The molecular formula is C15H19N5O2. The SMILES string of the molecule is NC1=NC2(CCCCC2)N(c2ccc(C(=O)O)cc2)C(N)=N1. The summed E-state index contributed by atoms with van der Waals surface area (Å²) in [5.74, 6) is -0.447. The summed E-state index contributed by atoms with van der Waals surface area (Å²) in [7, 11) is 0. The van der Waals surface area contributed by atoms with Crippen molar-refractivity contribution < 1.29 is 9.90 Å². The summed E-state index contributed by atoms with van der Waals surface area (Å²) < 4.78 is 0. The van der Waals surface area contributed by atoms with Crippen molar-refractivity contribution in [1.82, 2.24) is 0 Å². The first-order chi connectivity index (χ1) is 10.5. The van der Waals surface area contributed by atoms with Crippen LogP contribution in [-0.2, 0) is 0 Å². The predicted octanol–water partition coefficient (Wildman–Crippen LogP) is 1.49. The molecule has 3 rings (SSSR count). The van der Waals surface area contributed by atoms with Crippen LogP contribution >= 0.6 is 0 Å². The van der Waals surface area contributed by atoms with Crippen LogP contribution in [0, 0.1) is 0 Å². The molecule has 1 heterocycles. The molecule has 7 nitrogen and oxygen atoms in total. The summed E-state index contributed by atoms with van der Waals surface area (Å²) in [4.78, 5) is 21.5. The number of carboxylic acids is 1. The number of hydrogen-bond donors (Lipinski definition) is 3. The van der Waals surface area contributed by atoms with Crippen LogP contribution < -0.4 is 16.4 Å². The van der Waals surface area contributed by atoms with Crippen molar-refractivity contribution >= 4 is 23.6 Å². The van der Waals surface area contributed by atoms with Crippen molar-refractivity contribution in [2.75, 3.05) is 4.90 Å². The lowest BCUT2D eigenvalue weighted by Crippen LogP contribution is -2.58. The van der Waals surface area contributed by atoms with Gasteiger partial charge in [-0.05, 0) is 49.9 Å². The standard InChI is InChI=1S/C15H19N5O2/c16-13-18-14(17)20(15(19-13)8-2-1-3-9-15)11-6-4-10(5-7-11)12(21)22/h4-7H,1-3,8-9H2,(H,21,22)(H4,16,17,18,19). The van der Waals surface area contributed by atoms with Crippen molar-refractivity contribution in [1.29, 1.82) is 0 Å². The van der Waals surface area contributed by atoms with Crippen molar-refractivity contribution in [3.8, 4) is 0 Å². The molecule has 1 aromatic rings. The van der Waals surface area contributed by atoms with Crippen molar-refractivity contribution in [2.45, 2.75) is 37.8 Å². The molecule has 22 heavy (non-hydrogen) atoms. The van der Waals surface area contributed by atoms with Gasteiger partial charge >= 0.3 is 5.97 Å². The van der Waals surface area contributed by atoms with E-state index >= 15 is 0 Å². The fraction of sp³-hybridized carbons (Fsp3) is 0.400. The molecular weight excluding hydrogens is 282 g/mol. The molecule has 0 aromatic heterocycles. The maximum absolute atomic E-state index is 11.0. The topological polar surface area (TPSA) is 117 Å². The third-order valence-electron chi connectivity index (χ3n) is 4.22. The Morgan fingerprint density at radius 3 is 2.36 bits per heavy atom. The number of anilines is 1. The summed E-state index contributed by atoms with van der Waals surface area (Å²) in [6.45, 7) is 0. The van der Waals surface area contributed by atoms with Gasteiger partial charge in [0.2, 0.25) is 11.9 Å². The zero-order valence-corrected chi connectivity index (χ0v) is 12.2. The number of carbonyl (C=O) groups is 1. The first-order valence-electron chi connectivity index (χ1n) is 7.35. The van der Waals surface area contributed by atoms with Crippen LogP contribution in [0.25, 0.3) is 0 Å². The smallest absolute Gasteiger partial charge is 0.335 e. The molecule has 5 N–H and O–H groups in total. The van der Waals surface area contributed by atoms with Gasteiger partial charge in [-0.1, -0.05) is 6.42 Å². The lowest BCUT2D eigenvalue weighted by atomic mass is 9.87. The van der Waals surface area contributed by atoms with Crippen LogP contribution in [0.15, 0.2) is 34.3 Å². The van der Waals surface area contributed by atoms with Gasteiger partial charge in [-0.3, -0.25) is 4.90 Å². The Kier molecular flexibility index (Phi) is 3.48. The highest BCUT2D eigenvalue weighted by Crippen LogP contribution is 2.39. The minimum Gasteiger partial charge on any atom is -0.478 e. The van der Waals surface area contributed by atoms with Gasteiger partial charge in [-0.25, -0.2) is 9.79 Å². The number of nitrogens with two attached hydrogens (primary N) is 2. The number of carboxylic acid groups (broad SMARTS) is 1. The van der Waals surface area contributed by atoms with Crippen molar-refractivity contribution in [3.05, 3.63) is 29.8 Å². The van der Waals surface area contributed by atoms with Gasteiger partial charge < -0.3 is 16.6 Å². The number of nitrogens with zero attached hydrogens (tertiary/aromatic N) is 3. The minimum atomic E-state index is -0.957. The zero-order chi connectivity index (χ0) is 15.7. The van der Waals surface area contributed by atoms with E-state index in [9.17, 15) is 4.79 Å². The highest BCUT2D eigenvalue weighted by molar-refractivity contribution is 6.05. The fourth-order valence-corrected chi connectivity index (χ4v) is 3.25. The van der Waals surface area contributed by atoms with E-state index < -0.39 is 11.6 Å². The average Bonchev–Trinajstić information content (AvgIpc) is 2.47. The number of aliphatic imine (C=N–C) groups is 2. The third-order valence-corrected chi connectivity index (χ3v) is 4.22. The number of aromatic carboxylic acids is 1. The number of rotatable bonds is 2. The molecule has 2 aliphatic rings. The first kappa shape index (κ1) is 14.4. The average molecular weight is 301 g/mol. The third kappa shape index (κ3) is 2.38. The molecule has 1 aromatic carbocycles. The van der Waals surface area contributed by atoms with Gasteiger partial charge in [0.1, 0.15) is 5.66 Å². The molecule has 1 saturated carbocycles. The van der Waals surface area contributed by atoms with Crippen LogP contribution in [0.5, 0.6) is 0 Å². The minimum absolute atomic E-state index is 0.206. The Balaban J connectivity index is 2.02. The van der Waals surface area contributed by atoms with Gasteiger partial charge in [-0.15, -0.1) is 0 Å². The molecule has 1 aliphatic heterocycles. The number of guanidine groups is 2. The molecule has 116 valence electrons. The van der Waals surface area contributed by atoms with E-state index in [0.717, 1.165) is 31.4 Å². The van der Waals surface area contributed by atoms with Gasteiger partial charge in [0.25, 0.3) is 0 Å². The second-order valence-electron chi connectivity index (χ2n) is 5.67. The van der Waals surface area contributed by atoms with E-state index in [1.165, 1.54) is 6.42 Å². The largest absolute Gasteiger partial charge is 0.478 e. The summed E-state index contributed by atoms with van der Waals surface area (Å²) >= 11 is 0. The summed E-state index contributed by atoms with van der Waals surface area (Å²) in [6, 6.07) is 6.59. The van der Waals surface area contributed by atoms with Gasteiger partial charge in [-0.2, -0.15) is 4.99 Å². The quantitative estimate of drug-likeness (QED) is 0.765. The molecule has 0 atom stereocenters. The molecule has 0 unspecified atom stereocenters. The van der Waals surface area contributed by atoms with E-state index in [1.807, 2.05) is 4.90 Å². The molecule has 1 spiro atoms. The van der Waals surface area contributed by atoms with Gasteiger partial charge in [0.05, 0.1) is 5.56 Å². The van der Waals surface area contributed by atoms with Crippen LogP contribution in [0.3, 0.4) is 0 Å². The van der Waals surface area contributed by atoms with Crippen LogP contribution in [0.2, 0.25) is 0 Å². The van der Waals surface area contributed by atoms with E-state index in [2.05, 4.69) is 9.98 Å². The Morgan fingerprint density at radius 1 is 1.14 bits per heavy atom. The molecule has 0 amide bonds. The van der Waals surface area contributed by atoms with E-state index in [-0.39, 0.29) is 11.5 Å². The summed E-state index contributed by atoms with van der Waals surface area (Å²) in [5.41, 5.74) is 12.4. The lowest BCUT2D eigenvalue weighted by Gasteiger charge is -2.45. The van der Waals surface area contributed by atoms with Crippen molar-refractivity contribution in [3.63, 3.8) is 0 Å². The lowest BCUT2D eigenvalue weighted by molar-refractivity contribution is 0.0697. The molecule has 0 bridgehead atoms. The van der Waals surface area contributed by atoms with E-state index in [4.69, 9.17) is 16.6 Å².